The molecular formula is C16H14ClNO2. The highest BCUT2D eigenvalue weighted by atomic mass is 35.5. The molecule has 0 heterocycles. The molecule has 0 amide bonds. The van der Waals surface area contributed by atoms with Crippen molar-refractivity contribution in [3.05, 3.63) is 64.7 Å². The number of nitrogens with two attached hydrogens (primary N) is 1. The minimum Gasteiger partial charge on any atom is -0.399 e. The first-order chi connectivity index (χ1) is 9.58. The van der Waals surface area contributed by atoms with Gasteiger partial charge in [-0.2, -0.15) is 0 Å². The van der Waals surface area contributed by atoms with Crippen molar-refractivity contribution < 1.29 is 9.59 Å². The molecule has 4 heteroatoms. The van der Waals surface area contributed by atoms with E-state index in [0.717, 1.165) is 0 Å². The van der Waals surface area contributed by atoms with Crippen LogP contribution in [0.4, 0.5) is 5.69 Å². The first-order valence-electron chi connectivity index (χ1n) is 6.24. The molecule has 0 atom stereocenters. The maximum absolute atomic E-state index is 12.1. The van der Waals surface area contributed by atoms with Gasteiger partial charge in [0.15, 0.2) is 11.6 Å². The molecule has 3 nitrogen and oxygen atoms in total. The van der Waals surface area contributed by atoms with Gasteiger partial charge in [-0.25, -0.2) is 0 Å². The number of benzene rings is 2. The van der Waals surface area contributed by atoms with Gasteiger partial charge in [0.1, 0.15) is 0 Å². The van der Waals surface area contributed by atoms with Crippen molar-refractivity contribution in [2.45, 2.75) is 12.8 Å². The Hall–Kier alpha value is -2.13. The number of hydrogen-bond donors (Lipinski definition) is 1. The van der Waals surface area contributed by atoms with Crippen LogP contribution in [0.25, 0.3) is 0 Å². The summed E-state index contributed by atoms with van der Waals surface area (Å²) in [5.74, 6) is -0.231. The summed E-state index contributed by atoms with van der Waals surface area (Å²) in [5.41, 5.74) is 7.09. The molecule has 0 spiro atoms. The van der Waals surface area contributed by atoms with E-state index >= 15 is 0 Å². The third-order valence-electron chi connectivity index (χ3n) is 2.97. The highest BCUT2D eigenvalue weighted by molar-refractivity contribution is 6.34. The fourth-order valence-corrected chi connectivity index (χ4v) is 2.11. The van der Waals surface area contributed by atoms with Gasteiger partial charge in [0, 0.05) is 29.7 Å². The number of hydrogen-bond acceptors (Lipinski definition) is 3. The maximum Gasteiger partial charge on any atom is 0.164 e. The molecule has 0 saturated carbocycles. The maximum atomic E-state index is 12.1. The van der Waals surface area contributed by atoms with Gasteiger partial charge in [0.25, 0.3) is 0 Å². The lowest BCUT2D eigenvalue weighted by molar-refractivity contribution is 0.0917. The predicted molar refractivity (Wildman–Crippen MR) is 80.2 cm³/mol. The van der Waals surface area contributed by atoms with Crippen molar-refractivity contribution >= 4 is 28.9 Å². The lowest BCUT2D eigenvalue weighted by Gasteiger charge is -2.05. The van der Waals surface area contributed by atoms with Gasteiger partial charge in [0.2, 0.25) is 0 Å². The minimum atomic E-state index is -0.174. The fraction of sp³-hybridized carbons (Fsp3) is 0.125. The fourth-order valence-electron chi connectivity index (χ4n) is 1.89. The SMILES string of the molecule is Nc1ccc(Cl)c(C(=O)CCC(=O)c2ccccc2)c1. The first kappa shape index (κ1) is 14.3. The van der Waals surface area contributed by atoms with E-state index in [1.807, 2.05) is 6.07 Å². The summed E-state index contributed by atoms with van der Waals surface area (Å²) in [5, 5.41) is 0.358. The standard InChI is InChI=1S/C16H14ClNO2/c17-14-7-6-12(18)10-13(14)16(20)9-8-15(19)11-4-2-1-3-5-11/h1-7,10H,8-9,18H2. The van der Waals surface area contributed by atoms with Crippen molar-refractivity contribution in [3.63, 3.8) is 0 Å². The highest BCUT2D eigenvalue weighted by Crippen LogP contribution is 2.21. The van der Waals surface area contributed by atoms with Crippen molar-refractivity contribution in [2.75, 3.05) is 5.73 Å². The average molecular weight is 288 g/mol. The summed E-state index contributed by atoms with van der Waals surface area (Å²) in [4.78, 5) is 24.0. The van der Waals surface area contributed by atoms with Crippen LogP contribution in [0.5, 0.6) is 0 Å². The van der Waals surface area contributed by atoms with Crippen LogP contribution < -0.4 is 5.73 Å². The Balaban J connectivity index is 2.02. The summed E-state index contributed by atoms with van der Waals surface area (Å²) in [6.07, 6.45) is 0.283. The van der Waals surface area contributed by atoms with E-state index < -0.39 is 0 Å². The predicted octanol–water partition coefficient (Wildman–Crippen LogP) is 3.77. The third kappa shape index (κ3) is 3.45. The van der Waals surface area contributed by atoms with Crippen LogP contribution in [-0.4, -0.2) is 11.6 Å². The van der Waals surface area contributed by atoms with Crippen LogP contribution in [0.3, 0.4) is 0 Å². The molecular weight excluding hydrogens is 274 g/mol. The Kier molecular flexibility index (Phi) is 4.53. The van der Waals surface area contributed by atoms with Crippen LogP contribution in [-0.2, 0) is 0 Å². The number of anilines is 1. The van der Waals surface area contributed by atoms with E-state index in [1.165, 1.54) is 6.07 Å². The lowest BCUT2D eigenvalue weighted by atomic mass is 10.0. The van der Waals surface area contributed by atoms with Crippen LogP contribution >= 0.6 is 11.6 Å². The van der Waals surface area contributed by atoms with Gasteiger partial charge in [-0.3, -0.25) is 9.59 Å². The second-order valence-corrected chi connectivity index (χ2v) is 4.86. The summed E-state index contributed by atoms with van der Waals surface area (Å²) in [6.45, 7) is 0. The third-order valence-corrected chi connectivity index (χ3v) is 3.30. The quantitative estimate of drug-likeness (QED) is 0.673. The Labute approximate surface area is 122 Å². The van der Waals surface area contributed by atoms with E-state index in [9.17, 15) is 9.59 Å². The molecule has 0 radical (unpaired) electrons. The van der Waals surface area contributed by atoms with E-state index in [2.05, 4.69) is 0 Å². The van der Waals surface area contributed by atoms with Crippen LogP contribution in [0.1, 0.15) is 33.6 Å². The van der Waals surface area contributed by atoms with Crippen molar-refractivity contribution in [3.8, 4) is 0 Å². The Morgan fingerprint density at radius 2 is 1.60 bits per heavy atom. The summed E-state index contributed by atoms with van der Waals surface area (Å²) in [7, 11) is 0. The molecule has 0 saturated heterocycles. The zero-order chi connectivity index (χ0) is 14.5. The van der Waals surface area contributed by atoms with Crippen LogP contribution in [0, 0.1) is 0 Å². The van der Waals surface area contributed by atoms with Gasteiger partial charge in [-0.1, -0.05) is 41.9 Å². The first-order valence-corrected chi connectivity index (χ1v) is 6.62. The minimum absolute atomic E-state index is 0.0565. The van der Waals surface area contributed by atoms with Gasteiger partial charge >= 0.3 is 0 Å². The number of carbonyl (C=O) groups is 2. The molecule has 20 heavy (non-hydrogen) atoms. The molecule has 0 fully saturated rings. The topological polar surface area (TPSA) is 60.2 Å². The average Bonchev–Trinajstić information content (AvgIpc) is 2.47. The molecule has 0 bridgehead atoms. The monoisotopic (exact) mass is 287 g/mol. The Morgan fingerprint density at radius 1 is 0.950 bits per heavy atom. The normalized spacial score (nSPS) is 10.2. The van der Waals surface area contributed by atoms with Gasteiger partial charge in [-0.05, 0) is 18.2 Å². The molecule has 102 valence electrons. The number of nitrogen functional groups attached to an aromatic ring is 1. The summed E-state index contributed by atoms with van der Waals surface area (Å²) >= 11 is 5.96. The lowest BCUT2D eigenvalue weighted by Crippen LogP contribution is -2.06. The molecule has 0 aromatic heterocycles. The number of halogens is 1. The molecule has 2 aromatic rings. The molecule has 0 aliphatic heterocycles. The van der Waals surface area contributed by atoms with Crippen molar-refractivity contribution in [1.29, 1.82) is 0 Å². The largest absolute Gasteiger partial charge is 0.399 e. The smallest absolute Gasteiger partial charge is 0.164 e. The molecule has 0 aliphatic carbocycles. The highest BCUT2D eigenvalue weighted by Gasteiger charge is 2.13. The zero-order valence-electron chi connectivity index (χ0n) is 10.8. The summed E-state index contributed by atoms with van der Waals surface area (Å²) in [6, 6.07) is 13.7. The van der Waals surface area contributed by atoms with Gasteiger partial charge in [-0.15, -0.1) is 0 Å². The molecule has 2 aromatic carbocycles. The second kappa shape index (κ2) is 6.35. The zero-order valence-corrected chi connectivity index (χ0v) is 11.6. The Morgan fingerprint density at radius 3 is 2.30 bits per heavy atom. The molecule has 2 N–H and O–H groups in total. The number of carbonyl (C=O) groups excluding carboxylic acids is 2. The molecule has 0 unspecified atom stereocenters. The van der Waals surface area contributed by atoms with E-state index in [-0.39, 0.29) is 24.4 Å². The number of Topliss-reactive ketones (excluding diaryl/α,β-unsaturated/α-hetero) is 2. The van der Waals surface area contributed by atoms with Crippen LogP contribution in [0.15, 0.2) is 48.5 Å². The number of ketones is 2. The molecule has 2 rings (SSSR count). The van der Waals surface area contributed by atoms with Crippen LogP contribution in [0.2, 0.25) is 5.02 Å². The summed E-state index contributed by atoms with van der Waals surface area (Å²) < 4.78 is 0. The van der Waals surface area contributed by atoms with E-state index in [4.69, 9.17) is 17.3 Å². The van der Waals surface area contributed by atoms with E-state index in [0.29, 0.717) is 21.8 Å². The van der Waals surface area contributed by atoms with Gasteiger partial charge in [0.05, 0.1) is 5.02 Å². The molecule has 0 aliphatic rings. The van der Waals surface area contributed by atoms with Gasteiger partial charge < -0.3 is 5.73 Å². The second-order valence-electron chi connectivity index (χ2n) is 4.45. The number of rotatable bonds is 5. The van der Waals surface area contributed by atoms with E-state index in [1.54, 1.807) is 36.4 Å². The van der Waals surface area contributed by atoms with Crippen molar-refractivity contribution in [1.82, 2.24) is 0 Å². The van der Waals surface area contributed by atoms with Crippen molar-refractivity contribution in [2.24, 2.45) is 0 Å². The Bertz CT molecular complexity index is 638.